The third-order valence-electron chi connectivity index (χ3n) is 5.02. The van der Waals surface area contributed by atoms with Crippen molar-refractivity contribution in [3.8, 4) is 16.7 Å². The number of aryl methyl sites for hydroxylation is 1. The molecule has 0 saturated carbocycles. The Labute approximate surface area is 174 Å². The Bertz CT molecular complexity index is 978. The number of piperidine rings is 1. The Morgan fingerprint density at radius 2 is 1.86 bits per heavy atom. The van der Waals surface area contributed by atoms with Crippen molar-refractivity contribution in [2.45, 2.75) is 25.9 Å². The summed E-state index contributed by atoms with van der Waals surface area (Å²) in [5.74, 6) is 1.54. The minimum Gasteiger partial charge on any atom is -0.497 e. The Hall–Kier alpha value is -2.80. The number of rotatable bonds is 6. The summed E-state index contributed by atoms with van der Waals surface area (Å²) in [4.78, 5) is 18.8. The highest BCUT2D eigenvalue weighted by atomic mass is 32.1. The van der Waals surface area contributed by atoms with E-state index < -0.39 is 0 Å². The maximum absolute atomic E-state index is 12.4. The van der Waals surface area contributed by atoms with E-state index in [0.29, 0.717) is 18.3 Å². The summed E-state index contributed by atoms with van der Waals surface area (Å²) in [5.41, 5.74) is 2.07. The van der Waals surface area contributed by atoms with Crippen LogP contribution >= 0.6 is 11.3 Å². The zero-order valence-electron chi connectivity index (χ0n) is 16.6. The fourth-order valence-corrected chi connectivity index (χ4v) is 4.21. The van der Waals surface area contributed by atoms with E-state index in [-0.39, 0.29) is 18.6 Å². The van der Waals surface area contributed by atoms with Crippen LogP contribution in [0.3, 0.4) is 0 Å². The number of hydrogen-bond acceptors (Lipinski definition) is 6. The van der Waals surface area contributed by atoms with Gasteiger partial charge in [0.2, 0.25) is 0 Å². The molecule has 1 aliphatic rings. The van der Waals surface area contributed by atoms with Crippen LogP contribution in [-0.2, 0) is 4.79 Å². The lowest BCUT2D eigenvalue weighted by atomic mass is 10.1. The number of carbonyl (C=O) groups excluding carboxylic acids is 1. The minimum atomic E-state index is 0.0103. The molecule has 0 N–H and O–H groups in total. The number of amides is 1. The maximum atomic E-state index is 12.4. The number of likely N-dealkylation sites (tertiary alicyclic amines) is 1. The predicted octanol–water partition coefficient (Wildman–Crippen LogP) is 4.06. The quantitative estimate of drug-likeness (QED) is 0.611. The fourth-order valence-electron chi connectivity index (χ4n) is 3.30. The third kappa shape index (κ3) is 4.79. The van der Waals surface area contributed by atoms with Gasteiger partial charge in [-0.3, -0.25) is 4.79 Å². The van der Waals surface area contributed by atoms with E-state index in [1.165, 1.54) is 11.3 Å². The molecule has 1 fully saturated rings. The molecule has 29 heavy (non-hydrogen) atoms. The van der Waals surface area contributed by atoms with E-state index >= 15 is 0 Å². The van der Waals surface area contributed by atoms with Crippen LogP contribution in [0.1, 0.15) is 18.4 Å². The van der Waals surface area contributed by atoms with Gasteiger partial charge < -0.3 is 19.1 Å². The molecule has 7 heteroatoms. The Balaban J connectivity index is 1.26. The molecule has 0 radical (unpaired) electrons. The van der Waals surface area contributed by atoms with E-state index in [4.69, 9.17) is 14.2 Å². The molecule has 2 heterocycles. The molecule has 0 spiro atoms. The zero-order chi connectivity index (χ0) is 20.2. The standard InChI is InChI=1S/C22H24N2O4S/c1-15-3-5-16(6-4-15)27-14-21(25)24-11-9-17(10-12-24)28-22-23-19-8-7-18(26-2)13-20(19)29-22/h3-8,13,17H,9-12,14H2,1-2H3. The van der Waals surface area contributed by atoms with Gasteiger partial charge in [-0.1, -0.05) is 29.0 Å². The topological polar surface area (TPSA) is 60.9 Å². The number of fused-ring (bicyclic) bond motifs is 1. The van der Waals surface area contributed by atoms with Crippen LogP contribution in [0.25, 0.3) is 10.2 Å². The number of nitrogens with zero attached hydrogens (tertiary/aromatic N) is 2. The number of aromatic nitrogens is 1. The maximum Gasteiger partial charge on any atom is 0.274 e. The summed E-state index contributed by atoms with van der Waals surface area (Å²) in [5, 5.41) is 0.667. The van der Waals surface area contributed by atoms with Crippen LogP contribution in [0.2, 0.25) is 0 Å². The Morgan fingerprint density at radius 3 is 2.59 bits per heavy atom. The molecule has 0 unspecified atom stereocenters. The average molecular weight is 413 g/mol. The molecule has 6 nitrogen and oxygen atoms in total. The molecule has 1 saturated heterocycles. The third-order valence-corrected chi connectivity index (χ3v) is 5.93. The monoisotopic (exact) mass is 412 g/mol. The molecule has 1 aromatic heterocycles. The van der Waals surface area contributed by atoms with Gasteiger partial charge in [0.05, 0.1) is 17.3 Å². The van der Waals surface area contributed by atoms with E-state index in [1.807, 2.05) is 54.3 Å². The second-order valence-electron chi connectivity index (χ2n) is 7.11. The van der Waals surface area contributed by atoms with Crippen molar-refractivity contribution in [1.29, 1.82) is 0 Å². The SMILES string of the molecule is COc1ccc2nc(OC3CCN(C(=O)COc4ccc(C)cc4)CC3)sc2c1. The Kier molecular flexibility index (Phi) is 5.85. The lowest BCUT2D eigenvalue weighted by Crippen LogP contribution is -2.43. The normalized spacial score (nSPS) is 14.8. The second-order valence-corrected chi connectivity index (χ2v) is 8.11. The molecular formula is C22H24N2O4S. The molecule has 1 aliphatic heterocycles. The van der Waals surface area contributed by atoms with Crippen LogP contribution in [0.4, 0.5) is 0 Å². The highest BCUT2D eigenvalue weighted by molar-refractivity contribution is 7.20. The van der Waals surface area contributed by atoms with Crippen LogP contribution in [0, 0.1) is 6.92 Å². The lowest BCUT2D eigenvalue weighted by Gasteiger charge is -2.31. The molecule has 0 aliphatic carbocycles. The lowest BCUT2D eigenvalue weighted by molar-refractivity contribution is -0.135. The van der Waals surface area contributed by atoms with Crippen molar-refractivity contribution in [3.63, 3.8) is 0 Å². The minimum absolute atomic E-state index is 0.0103. The molecule has 4 rings (SSSR count). The van der Waals surface area contributed by atoms with Crippen LogP contribution in [0.5, 0.6) is 16.7 Å². The van der Waals surface area contributed by atoms with E-state index in [0.717, 1.165) is 40.1 Å². The first-order valence-corrected chi connectivity index (χ1v) is 10.5. The molecule has 2 aromatic carbocycles. The number of thiazole rings is 1. The zero-order valence-corrected chi connectivity index (χ0v) is 17.4. The van der Waals surface area contributed by atoms with Crippen molar-refractivity contribution in [2.24, 2.45) is 0 Å². The largest absolute Gasteiger partial charge is 0.497 e. The summed E-state index contributed by atoms with van der Waals surface area (Å²) in [6, 6.07) is 13.5. The molecule has 1 amide bonds. The van der Waals surface area contributed by atoms with Crippen LogP contribution in [-0.4, -0.2) is 48.7 Å². The molecule has 3 aromatic rings. The van der Waals surface area contributed by atoms with Gasteiger partial charge in [-0.25, -0.2) is 4.98 Å². The van der Waals surface area contributed by atoms with Crippen molar-refractivity contribution >= 4 is 27.5 Å². The average Bonchev–Trinajstić information content (AvgIpc) is 3.15. The van der Waals surface area contributed by atoms with Gasteiger partial charge in [0.1, 0.15) is 17.6 Å². The number of benzene rings is 2. The van der Waals surface area contributed by atoms with E-state index in [1.54, 1.807) is 7.11 Å². The van der Waals surface area contributed by atoms with E-state index in [9.17, 15) is 4.79 Å². The number of methoxy groups -OCH3 is 1. The first kappa shape index (κ1) is 19.5. The van der Waals surface area contributed by atoms with Crippen molar-refractivity contribution < 1.29 is 19.0 Å². The van der Waals surface area contributed by atoms with Crippen molar-refractivity contribution in [2.75, 3.05) is 26.8 Å². The molecule has 152 valence electrons. The van der Waals surface area contributed by atoms with Gasteiger partial charge in [-0.05, 0) is 37.3 Å². The fraction of sp³-hybridized carbons (Fsp3) is 0.364. The van der Waals surface area contributed by atoms with Crippen molar-refractivity contribution in [3.05, 3.63) is 48.0 Å². The smallest absolute Gasteiger partial charge is 0.274 e. The Morgan fingerprint density at radius 1 is 1.14 bits per heavy atom. The van der Waals surface area contributed by atoms with Crippen molar-refractivity contribution in [1.82, 2.24) is 9.88 Å². The summed E-state index contributed by atoms with van der Waals surface area (Å²) in [6.45, 7) is 3.42. The predicted molar refractivity (Wildman–Crippen MR) is 113 cm³/mol. The molecular weight excluding hydrogens is 388 g/mol. The van der Waals surface area contributed by atoms with Gasteiger partial charge in [0.15, 0.2) is 6.61 Å². The summed E-state index contributed by atoms with van der Waals surface area (Å²) < 4.78 is 18.0. The summed E-state index contributed by atoms with van der Waals surface area (Å²) in [7, 11) is 1.65. The van der Waals surface area contributed by atoms with Crippen LogP contribution in [0.15, 0.2) is 42.5 Å². The van der Waals surface area contributed by atoms with Gasteiger partial charge in [-0.15, -0.1) is 0 Å². The van der Waals surface area contributed by atoms with E-state index in [2.05, 4.69) is 4.98 Å². The molecule has 0 bridgehead atoms. The first-order valence-electron chi connectivity index (χ1n) is 9.69. The summed E-state index contributed by atoms with van der Waals surface area (Å²) in [6.07, 6.45) is 1.64. The highest BCUT2D eigenvalue weighted by Crippen LogP contribution is 2.32. The van der Waals surface area contributed by atoms with Gasteiger partial charge in [0.25, 0.3) is 11.1 Å². The number of carbonyl (C=O) groups is 1. The first-order chi connectivity index (χ1) is 14.1. The summed E-state index contributed by atoms with van der Waals surface area (Å²) >= 11 is 1.52. The second kappa shape index (κ2) is 8.69. The van der Waals surface area contributed by atoms with Crippen LogP contribution < -0.4 is 14.2 Å². The van der Waals surface area contributed by atoms with Gasteiger partial charge in [0, 0.05) is 25.9 Å². The number of ether oxygens (including phenoxy) is 3. The number of hydrogen-bond donors (Lipinski definition) is 0. The van der Waals surface area contributed by atoms with Gasteiger partial charge in [-0.2, -0.15) is 0 Å². The van der Waals surface area contributed by atoms with Gasteiger partial charge >= 0.3 is 0 Å². The highest BCUT2D eigenvalue weighted by Gasteiger charge is 2.25. The molecule has 0 atom stereocenters.